The van der Waals surface area contributed by atoms with E-state index < -0.39 is 0 Å². The lowest BCUT2D eigenvalue weighted by atomic mass is 9.96. The number of unbranched alkanes of at least 4 members (excludes halogenated alkanes) is 1. The summed E-state index contributed by atoms with van der Waals surface area (Å²) in [6, 6.07) is 0.384. The molecule has 0 aliphatic carbocycles. The van der Waals surface area contributed by atoms with Gasteiger partial charge in [-0.25, -0.2) is 0 Å². The van der Waals surface area contributed by atoms with E-state index in [1.807, 2.05) is 13.8 Å². The van der Waals surface area contributed by atoms with Gasteiger partial charge in [-0.05, 0) is 40.2 Å². The SMILES string of the molecule is CC(C)NC(CCCCNC(C)(C)C)C(=O)C(C)C. The highest BCUT2D eigenvalue weighted by molar-refractivity contribution is 5.85. The lowest BCUT2D eigenvalue weighted by molar-refractivity contribution is -0.124. The molecule has 0 radical (unpaired) electrons. The van der Waals surface area contributed by atoms with Crippen LogP contribution in [-0.4, -0.2) is 30.0 Å². The van der Waals surface area contributed by atoms with Crippen LogP contribution in [0, 0.1) is 5.92 Å². The van der Waals surface area contributed by atoms with Gasteiger partial charge in [0.05, 0.1) is 6.04 Å². The van der Waals surface area contributed by atoms with Crippen LogP contribution in [0.15, 0.2) is 0 Å². The predicted molar refractivity (Wildman–Crippen MR) is 83.5 cm³/mol. The van der Waals surface area contributed by atoms with Crippen molar-refractivity contribution in [3.05, 3.63) is 0 Å². The second kappa shape index (κ2) is 8.70. The van der Waals surface area contributed by atoms with Gasteiger partial charge in [0.15, 0.2) is 5.78 Å². The first-order valence-electron chi connectivity index (χ1n) is 7.68. The number of carbonyl (C=O) groups excluding carboxylic acids is 1. The Morgan fingerprint density at radius 2 is 1.63 bits per heavy atom. The van der Waals surface area contributed by atoms with Crippen molar-refractivity contribution in [2.45, 2.75) is 85.4 Å². The molecule has 0 aromatic carbocycles. The molecule has 0 saturated carbocycles. The van der Waals surface area contributed by atoms with E-state index in [0.717, 1.165) is 25.8 Å². The highest BCUT2D eigenvalue weighted by Crippen LogP contribution is 2.09. The van der Waals surface area contributed by atoms with Gasteiger partial charge in [0, 0.05) is 17.5 Å². The molecule has 0 fully saturated rings. The number of nitrogens with one attached hydrogen (secondary N) is 2. The molecule has 0 saturated heterocycles. The quantitative estimate of drug-likeness (QED) is 0.632. The summed E-state index contributed by atoms with van der Waals surface area (Å²) < 4.78 is 0. The number of ketones is 1. The zero-order valence-corrected chi connectivity index (χ0v) is 14.0. The van der Waals surface area contributed by atoms with Gasteiger partial charge in [0.2, 0.25) is 0 Å². The first-order valence-corrected chi connectivity index (χ1v) is 7.68. The summed E-state index contributed by atoms with van der Waals surface area (Å²) in [5.41, 5.74) is 0.184. The fourth-order valence-electron chi connectivity index (χ4n) is 2.05. The molecule has 0 aliphatic rings. The Balaban J connectivity index is 4.03. The van der Waals surface area contributed by atoms with E-state index in [4.69, 9.17) is 0 Å². The summed E-state index contributed by atoms with van der Waals surface area (Å²) in [5, 5.41) is 6.88. The summed E-state index contributed by atoms with van der Waals surface area (Å²) in [7, 11) is 0. The molecule has 0 heterocycles. The summed E-state index contributed by atoms with van der Waals surface area (Å²) in [6.45, 7) is 15.7. The molecule has 0 aromatic heterocycles. The lowest BCUT2D eigenvalue weighted by Gasteiger charge is -2.23. The van der Waals surface area contributed by atoms with Gasteiger partial charge in [0.1, 0.15) is 0 Å². The maximum atomic E-state index is 12.1. The average molecular weight is 270 g/mol. The molecule has 0 spiro atoms. The number of hydrogen-bond acceptors (Lipinski definition) is 3. The molecule has 114 valence electrons. The van der Waals surface area contributed by atoms with Gasteiger partial charge >= 0.3 is 0 Å². The summed E-state index contributed by atoms with van der Waals surface area (Å²) >= 11 is 0. The molecule has 0 aromatic rings. The monoisotopic (exact) mass is 270 g/mol. The summed E-state index contributed by atoms with van der Waals surface area (Å²) in [6.07, 6.45) is 3.16. The molecule has 1 atom stereocenters. The average Bonchev–Trinajstić information content (AvgIpc) is 2.23. The van der Waals surface area contributed by atoms with Crippen molar-refractivity contribution in [2.75, 3.05) is 6.54 Å². The van der Waals surface area contributed by atoms with Crippen LogP contribution >= 0.6 is 0 Å². The second-order valence-corrected chi connectivity index (χ2v) is 7.10. The molecule has 0 aliphatic heterocycles. The van der Waals surface area contributed by atoms with Gasteiger partial charge in [0.25, 0.3) is 0 Å². The van der Waals surface area contributed by atoms with E-state index in [0.29, 0.717) is 11.8 Å². The molecule has 3 heteroatoms. The van der Waals surface area contributed by atoms with E-state index in [1.165, 1.54) is 0 Å². The highest BCUT2D eigenvalue weighted by atomic mass is 16.1. The highest BCUT2D eigenvalue weighted by Gasteiger charge is 2.21. The van der Waals surface area contributed by atoms with Crippen molar-refractivity contribution in [3.8, 4) is 0 Å². The third kappa shape index (κ3) is 10.1. The van der Waals surface area contributed by atoms with E-state index in [-0.39, 0.29) is 17.5 Å². The minimum Gasteiger partial charge on any atom is -0.312 e. The Morgan fingerprint density at radius 1 is 1.05 bits per heavy atom. The summed E-state index contributed by atoms with van der Waals surface area (Å²) in [4.78, 5) is 12.1. The lowest BCUT2D eigenvalue weighted by Crippen LogP contribution is -2.43. The maximum absolute atomic E-state index is 12.1. The van der Waals surface area contributed by atoms with Crippen molar-refractivity contribution in [2.24, 2.45) is 5.92 Å². The molecule has 2 N–H and O–H groups in total. The van der Waals surface area contributed by atoms with Crippen LogP contribution in [0.3, 0.4) is 0 Å². The molecule has 0 rings (SSSR count). The molecular formula is C16H34N2O. The van der Waals surface area contributed by atoms with E-state index in [2.05, 4.69) is 45.3 Å². The Kier molecular flexibility index (Phi) is 8.51. The minimum absolute atomic E-state index is 0.0228. The minimum atomic E-state index is 0.0228. The van der Waals surface area contributed by atoms with Crippen LogP contribution in [0.2, 0.25) is 0 Å². The second-order valence-electron chi connectivity index (χ2n) is 7.10. The number of Topliss-reactive ketones (excluding diaryl/α,β-unsaturated/α-hetero) is 1. The van der Waals surface area contributed by atoms with Crippen molar-refractivity contribution in [3.63, 3.8) is 0 Å². The first kappa shape index (κ1) is 18.6. The van der Waals surface area contributed by atoms with Crippen molar-refractivity contribution >= 4 is 5.78 Å². The third-order valence-electron chi connectivity index (χ3n) is 3.02. The molecule has 0 bridgehead atoms. The van der Waals surface area contributed by atoms with Crippen LogP contribution in [0.25, 0.3) is 0 Å². The van der Waals surface area contributed by atoms with Gasteiger partial charge in [-0.2, -0.15) is 0 Å². The zero-order chi connectivity index (χ0) is 15.1. The van der Waals surface area contributed by atoms with Crippen LogP contribution in [0.5, 0.6) is 0 Å². The molecule has 0 amide bonds. The van der Waals surface area contributed by atoms with Gasteiger partial charge in [-0.1, -0.05) is 34.1 Å². The molecular weight excluding hydrogens is 236 g/mol. The Labute approximate surface area is 119 Å². The van der Waals surface area contributed by atoms with E-state index in [9.17, 15) is 4.79 Å². The fourth-order valence-corrected chi connectivity index (χ4v) is 2.05. The van der Waals surface area contributed by atoms with Crippen molar-refractivity contribution in [1.82, 2.24) is 10.6 Å². The van der Waals surface area contributed by atoms with Crippen molar-refractivity contribution in [1.29, 1.82) is 0 Å². The van der Waals surface area contributed by atoms with Gasteiger partial charge in [-0.3, -0.25) is 4.79 Å². The predicted octanol–water partition coefficient (Wildman–Crippen LogP) is 3.14. The molecule has 1 unspecified atom stereocenters. The largest absolute Gasteiger partial charge is 0.312 e. The summed E-state index contributed by atoms with van der Waals surface area (Å²) in [5.74, 6) is 0.460. The van der Waals surface area contributed by atoms with Crippen LogP contribution in [0.1, 0.15) is 67.7 Å². The Bertz CT molecular complexity index is 254. The fraction of sp³-hybridized carbons (Fsp3) is 0.938. The Morgan fingerprint density at radius 3 is 2.05 bits per heavy atom. The van der Waals surface area contributed by atoms with Crippen molar-refractivity contribution < 1.29 is 4.79 Å². The first-order chi connectivity index (χ1) is 8.63. The van der Waals surface area contributed by atoms with E-state index in [1.54, 1.807) is 0 Å². The van der Waals surface area contributed by atoms with Crippen LogP contribution < -0.4 is 10.6 Å². The van der Waals surface area contributed by atoms with Crippen LogP contribution in [-0.2, 0) is 4.79 Å². The van der Waals surface area contributed by atoms with Gasteiger partial charge < -0.3 is 10.6 Å². The number of rotatable bonds is 9. The number of carbonyl (C=O) groups is 1. The van der Waals surface area contributed by atoms with E-state index >= 15 is 0 Å². The topological polar surface area (TPSA) is 41.1 Å². The smallest absolute Gasteiger partial charge is 0.152 e. The van der Waals surface area contributed by atoms with Crippen LogP contribution in [0.4, 0.5) is 0 Å². The zero-order valence-electron chi connectivity index (χ0n) is 14.0. The molecule has 19 heavy (non-hydrogen) atoms. The van der Waals surface area contributed by atoms with Gasteiger partial charge in [-0.15, -0.1) is 0 Å². The normalized spacial score (nSPS) is 14.2. The third-order valence-corrected chi connectivity index (χ3v) is 3.02. The number of hydrogen-bond donors (Lipinski definition) is 2. The Hall–Kier alpha value is -0.410. The maximum Gasteiger partial charge on any atom is 0.152 e. The molecule has 3 nitrogen and oxygen atoms in total. The standard InChI is InChI=1S/C16H34N2O/c1-12(2)15(19)14(18-13(3)4)10-8-9-11-17-16(5,6)7/h12-14,17-18H,8-11H2,1-7H3.